The number of ether oxygens (including phenoxy) is 1. The lowest BCUT2D eigenvalue weighted by atomic mass is 10.1. The molecule has 2 rings (SSSR count). The maximum atomic E-state index is 5.81. The molecule has 0 bridgehead atoms. The lowest BCUT2D eigenvalue weighted by Gasteiger charge is -2.33. The molecule has 18 heavy (non-hydrogen) atoms. The molecule has 0 atom stereocenters. The molecule has 1 aliphatic heterocycles. The van der Waals surface area contributed by atoms with Crippen molar-refractivity contribution in [1.82, 2.24) is 9.80 Å². The molecule has 1 heterocycles. The Balaban J connectivity index is 1.99. The summed E-state index contributed by atoms with van der Waals surface area (Å²) in [6.45, 7) is 7.39. The molecule has 1 aliphatic rings. The van der Waals surface area contributed by atoms with Crippen LogP contribution >= 0.6 is 0 Å². The quantitative estimate of drug-likeness (QED) is 0.796. The van der Waals surface area contributed by atoms with E-state index in [0.717, 1.165) is 32.0 Å². The number of nitrogens with zero attached hydrogens (tertiary/aromatic N) is 2. The zero-order chi connectivity index (χ0) is 12.8. The van der Waals surface area contributed by atoms with E-state index in [2.05, 4.69) is 48.0 Å². The van der Waals surface area contributed by atoms with E-state index in [1.54, 1.807) is 0 Å². The molecule has 0 unspecified atom stereocenters. The molecular weight excluding hydrogens is 224 g/mol. The zero-order valence-corrected chi connectivity index (χ0v) is 11.6. The standard InChI is InChI=1S/C15H24N2O/c1-3-11-18-15-8-5-4-7-14(15)12-17-10-6-9-16(2)13-17/h4-5,7-8H,3,6,9-13H2,1-2H3. The highest BCUT2D eigenvalue weighted by Crippen LogP contribution is 2.21. The van der Waals surface area contributed by atoms with Gasteiger partial charge in [0.05, 0.1) is 13.3 Å². The Morgan fingerprint density at radius 2 is 2.06 bits per heavy atom. The van der Waals surface area contributed by atoms with Crippen molar-refractivity contribution in [3.05, 3.63) is 29.8 Å². The SMILES string of the molecule is CCCOc1ccccc1CN1CCCN(C)C1. The van der Waals surface area contributed by atoms with Crippen molar-refractivity contribution in [2.75, 3.05) is 33.4 Å². The van der Waals surface area contributed by atoms with Crippen LogP contribution in [0.1, 0.15) is 25.3 Å². The summed E-state index contributed by atoms with van der Waals surface area (Å²) in [5.41, 5.74) is 1.31. The first-order valence-electron chi connectivity index (χ1n) is 6.91. The van der Waals surface area contributed by atoms with Crippen LogP contribution in [0.3, 0.4) is 0 Å². The summed E-state index contributed by atoms with van der Waals surface area (Å²) >= 11 is 0. The highest BCUT2D eigenvalue weighted by atomic mass is 16.5. The van der Waals surface area contributed by atoms with Gasteiger partial charge in [-0.2, -0.15) is 0 Å². The summed E-state index contributed by atoms with van der Waals surface area (Å²) in [5, 5.41) is 0. The lowest BCUT2D eigenvalue weighted by molar-refractivity contribution is 0.100. The Morgan fingerprint density at radius 1 is 1.22 bits per heavy atom. The number of para-hydroxylation sites is 1. The largest absolute Gasteiger partial charge is 0.493 e. The zero-order valence-electron chi connectivity index (χ0n) is 11.6. The molecule has 0 spiro atoms. The Morgan fingerprint density at radius 3 is 2.83 bits per heavy atom. The topological polar surface area (TPSA) is 15.7 Å². The van der Waals surface area contributed by atoms with Gasteiger partial charge in [0.1, 0.15) is 5.75 Å². The van der Waals surface area contributed by atoms with E-state index in [4.69, 9.17) is 4.74 Å². The summed E-state index contributed by atoms with van der Waals surface area (Å²) in [4.78, 5) is 4.86. The molecule has 0 amide bonds. The Hall–Kier alpha value is -1.06. The Kier molecular flexibility index (Phi) is 5.02. The summed E-state index contributed by atoms with van der Waals surface area (Å²) < 4.78 is 5.81. The van der Waals surface area contributed by atoms with Crippen molar-refractivity contribution < 1.29 is 4.74 Å². The predicted octanol–water partition coefficient (Wildman–Crippen LogP) is 2.57. The van der Waals surface area contributed by atoms with Gasteiger partial charge in [0.2, 0.25) is 0 Å². The highest BCUT2D eigenvalue weighted by Gasteiger charge is 2.15. The van der Waals surface area contributed by atoms with E-state index in [-0.39, 0.29) is 0 Å². The molecule has 0 radical (unpaired) electrons. The number of hydrogen-bond acceptors (Lipinski definition) is 3. The normalized spacial score (nSPS) is 17.9. The van der Waals surface area contributed by atoms with Crippen molar-refractivity contribution in [3.8, 4) is 5.75 Å². The Bertz CT molecular complexity index is 367. The van der Waals surface area contributed by atoms with Gasteiger partial charge in [-0.3, -0.25) is 9.80 Å². The fourth-order valence-electron chi connectivity index (χ4n) is 2.40. The molecule has 0 saturated carbocycles. The molecule has 0 aromatic heterocycles. The van der Waals surface area contributed by atoms with Crippen LogP contribution in [0.5, 0.6) is 5.75 Å². The highest BCUT2D eigenvalue weighted by molar-refractivity contribution is 5.33. The van der Waals surface area contributed by atoms with Crippen LogP contribution in [0.4, 0.5) is 0 Å². The molecule has 3 heteroatoms. The average molecular weight is 248 g/mol. The minimum Gasteiger partial charge on any atom is -0.493 e. The van der Waals surface area contributed by atoms with Crippen LogP contribution in [0.25, 0.3) is 0 Å². The average Bonchev–Trinajstić information content (AvgIpc) is 2.38. The monoisotopic (exact) mass is 248 g/mol. The van der Waals surface area contributed by atoms with E-state index in [1.165, 1.54) is 25.1 Å². The van der Waals surface area contributed by atoms with Crippen LogP contribution in [-0.2, 0) is 6.54 Å². The first kappa shape index (κ1) is 13.4. The third-order valence-corrected chi connectivity index (χ3v) is 3.28. The smallest absolute Gasteiger partial charge is 0.123 e. The van der Waals surface area contributed by atoms with Crippen LogP contribution < -0.4 is 4.74 Å². The second kappa shape index (κ2) is 6.76. The van der Waals surface area contributed by atoms with Gasteiger partial charge in [-0.25, -0.2) is 0 Å². The molecule has 0 aliphatic carbocycles. The number of hydrogen-bond donors (Lipinski definition) is 0. The molecule has 1 saturated heterocycles. The lowest BCUT2D eigenvalue weighted by Crippen LogP contribution is -2.42. The molecule has 1 aromatic rings. The molecule has 3 nitrogen and oxygen atoms in total. The van der Waals surface area contributed by atoms with Gasteiger partial charge in [-0.05, 0) is 26.0 Å². The van der Waals surface area contributed by atoms with E-state index in [0.29, 0.717) is 0 Å². The fourth-order valence-corrected chi connectivity index (χ4v) is 2.40. The van der Waals surface area contributed by atoms with Crippen LogP contribution in [0.2, 0.25) is 0 Å². The van der Waals surface area contributed by atoms with Gasteiger partial charge in [0, 0.05) is 25.2 Å². The number of benzene rings is 1. The van der Waals surface area contributed by atoms with Gasteiger partial charge < -0.3 is 4.74 Å². The van der Waals surface area contributed by atoms with E-state index in [1.807, 2.05) is 0 Å². The van der Waals surface area contributed by atoms with Gasteiger partial charge in [0.25, 0.3) is 0 Å². The van der Waals surface area contributed by atoms with Crippen LogP contribution in [0, 0.1) is 0 Å². The van der Waals surface area contributed by atoms with Crippen LogP contribution in [-0.4, -0.2) is 43.2 Å². The molecule has 0 N–H and O–H groups in total. The molecular formula is C15H24N2O. The second-order valence-corrected chi connectivity index (χ2v) is 5.08. The van der Waals surface area contributed by atoms with E-state index >= 15 is 0 Å². The summed E-state index contributed by atoms with van der Waals surface area (Å²) in [7, 11) is 2.19. The van der Waals surface area contributed by atoms with Crippen LogP contribution in [0.15, 0.2) is 24.3 Å². The third kappa shape index (κ3) is 3.72. The first-order valence-corrected chi connectivity index (χ1v) is 6.91. The minimum atomic E-state index is 0.802. The van der Waals surface area contributed by atoms with Gasteiger partial charge >= 0.3 is 0 Å². The van der Waals surface area contributed by atoms with Crippen molar-refractivity contribution in [2.45, 2.75) is 26.3 Å². The fraction of sp³-hybridized carbons (Fsp3) is 0.600. The second-order valence-electron chi connectivity index (χ2n) is 5.08. The van der Waals surface area contributed by atoms with Crippen molar-refractivity contribution in [2.24, 2.45) is 0 Å². The molecule has 100 valence electrons. The van der Waals surface area contributed by atoms with Gasteiger partial charge in [-0.1, -0.05) is 25.1 Å². The minimum absolute atomic E-state index is 0.802. The van der Waals surface area contributed by atoms with Gasteiger partial charge in [-0.15, -0.1) is 0 Å². The maximum Gasteiger partial charge on any atom is 0.123 e. The molecule has 1 fully saturated rings. The number of rotatable bonds is 5. The third-order valence-electron chi connectivity index (χ3n) is 3.28. The maximum absolute atomic E-state index is 5.81. The summed E-state index contributed by atoms with van der Waals surface area (Å²) in [5.74, 6) is 1.05. The van der Waals surface area contributed by atoms with Crippen molar-refractivity contribution in [3.63, 3.8) is 0 Å². The van der Waals surface area contributed by atoms with E-state index in [9.17, 15) is 0 Å². The van der Waals surface area contributed by atoms with Crippen molar-refractivity contribution >= 4 is 0 Å². The molecule has 1 aromatic carbocycles. The summed E-state index contributed by atoms with van der Waals surface area (Å²) in [6.07, 6.45) is 2.31. The predicted molar refractivity (Wildman–Crippen MR) is 74.8 cm³/mol. The first-order chi connectivity index (χ1) is 8.79. The van der Waals surface area contributed by atoms with Crippen molar-refractivity contribution in [1.29, 1.82) is 0 Å². The van der Waals surface area contributed by atoms with E-state index < -0.39 is 0 Å². The Labute approximate surface area is 110 Å². The van der Waals surface area contributed by atoms with Gasteiger partial charge in [0.15, 0.2) is 0 Å². The summed E-state index contributed by atoms with van der Waals surface area (Å²) in [6, 6.07) is 8.41.